The average Bonchev–Trinajstić information content (AvgIpc) is 2.66. The van der Waals surface area contributed by atoms with Gasteiger partial charge in [0.15, 0.2) is 17.5 Å². The van der Waals surface area contributed by atoms with E-state index in [1.807, 2.05) is 20.8 Å². The van der Waals surface area contributed by atoms with E-state index in [1.165, 1.54) is 12.1 Å². The van der Waals surface area contributed by atoms with Gasteiger partial charge in [0.05, 0.1) is 12.6 Å². The Labute approximate surface area is 181 Å². The van der Waals surface area contributed by atoms with Crippen LogP contribution in [0.25, 0.3) is 0 Å². The topological polar surface area (TPSA) is 131 Å². The molecule has 0 spiro atoms. The van der Waals surface area contributed by atoms with Crippen LogP contribution in [-0.4, -0.2) is 41.1 Å². The third-order valence-electron chi connectivity index (χ3n) is 4.71. The van der Waals surface area contributed by atoms with E-state index < -0.39 is 33.3 Å². The molecule has 2 atom stereocenters. The summed E-state index contributed by atoms with van der Waals surface area (Å²) in [4.78, 5) is 12.6. The Morgan fingerprint density at radius 3 is 2.42 bits per heavy atom. The highest BCUT2D eigenvalue weighted by Gasteiger charge is 2.21. The van der Waals surface area contributed by atoms with Gasteiger partial charge >= 0.3 is 0 Å². The van der Waals surface area contributed by atoms with E-state index in [0.717, 1.165) is 6.07 Å². The van der Waals surface area contributed by atoms with Crippen LogP contribution in [0.2, 0.25) is 0 Å². The molecule has 0 fully saturated rings. The van der Waals surface area contributed by atoms with Crippen LogP contribution in [0, 0.1) is 17.6 Å². The zero-order valence-electron chi connectivity index (χ0n) is 17.8. The van der Waals surface area contributed by atoms with Gasteiger partial charge in [-0.25, -0.2) is 27.3 Å². The van der Waals surface area contributed by atoms with Crippen molar-refractivity contribution in [3.8, 4) is 0 Å². The standard InChI is InChI=1S/C20H29F2N5O3S/c1-4-13(15-6-5-7-16(21)19(15)22)9-17-25-18(11-31(23,29)30)27-20(26-17)24-14(10-28)8-12(2)3/h5-7,12-14,28H,4,8-11H2,1-3H3,(H2,23,29,30)(H,24,25,26,27)/t13-,14-/m1/s1. The van der Waals surface area contributed by atoms with Crippen LogP contribution >= 0.6 is 0 Å². The van der Waals surface area contributed by atoms with Gasteiger partial charge < -0.3 is 10.4 Å². The number of nitrogens with two attached hydrogens (primary N) is 1. The number of anilines is 1. The van der Waals surface area contributed by atoms with Gasteiger partial charge in [-0.1, -0.05) is 32.9 Å². The Hall–Kier alpha value is -2.24. The Morgan fingerprint density at radius 2 is 1.84 bits per heavy atom. The van der Waals surface area contributed by atoms with Gasteiger partial charge in [0.2, 0.25) is 16.0 Å². The van der Waals surface area contributed by atoms with E-state index in [0.29, 0.717) is 12.8 Å². The molecule has 0 amide bonds. The molecule has 2 rings (SSSR count). The van der Waals surface area contributed by atoms with Gasteiger partial charge in [-0.15, -0.1) is 0 Å². The number of nitrogens with one attached hydrogen (secondary N) is 1. The molecule has 1 heterocycles. The first-order valence-electron chi connectivity index (χ1n) is 10.1. The zero-order chi connectivity index (χ0) is 23.2. The van der Waals surface area contributed by atoms with Crippen molar-refractivity contribution in [3.63, 3.8) is 0 Å². The van der Waals surface area contributed by atoms with E-state index in [2.05, 4.69) is 20.3 Å². The summed E-state index contributed by atoms with van der Waals surface area (Å²) in [5.74, 6) is -2.37. The Bertz CT molecular complexity index is 989. The predicted octanol–water partition coefficient (Wildman–Crippen LogP) is 2.49. The second kappa shape index (κ2) is 10.9. The van der Waals surface area contributed by atoms with Crippen molar-refractivity contribution in [2.75, 3.05) is 11.9 Å². The minimum atomic E-state index is -3.90. The van der Waals surface area contributed by atoms with Crippen molar-refractivity contribution in [1.29, 1.82) is 0 Å². The van der Waals surface area contributed by atoms with Crippen LogP contribution in [-0.2, 0) is 22.2 Å². The Morgan fingerprint density at radius 1 is 1.16 bits per heavy atom. The number of aliphatic hydroxyl groups excluding tert-OH is 1. The summed E-state index contributed by atoms with van der Waals surface area (Å²) in [7, 11) is -3.90. The number of aliphatic hydroxyl groups is 1. The van der Waals surface area contributed by atoms with Crippen LogP contribution < -0.4 is 10.5 Å². The molecule has 0 bridgehead atoms. The number of hydrogen-bond donors (Lipinski definition) is 3. The molecule has 0 unspecified atom stereocenters. The predicted molar refractivity (Wildman–Crippen MR) is 114 cm³/mol. The fourth-order valence-corrected chi connectivity index (χ4v) is 3.82. The van der Waals surface area contributed by atoms with Gasteiger partial charge in [0.25, 0.3) is 0 Å². The summed E-state index contributed by atoms with van der Waals surface area (Å²) in [5, 5.41) is 17.8. The van der Waals surface area contributed by atoms with Gasteiger partial charge in [-0.2, -0.15) is 9.97 Å². The SMILES string of the molecule is CC[C@H](Cc1nc(CS(N)(=O)=O)nc(N[C@@H](CO)CC(C)C)n1)c1cccc(F)c1F. The van der Waals surface area contributed by atoms with Crippen molar-refractivity contribution in [3.05, 3.63) is 47.0 Å². The number of primary sulfonamides is 1. The smallest absolute Gasteiger partial charge is 0.226 e. The van der Waals surface area contributed by atoms with Crippen LogP contribution in [0.5, 0.6) is 0 Å². The van der Waals surface area contributed by atoms with E-state index in [4.69, 9.17) is 5.14 Å². The number of nitrogens with zero attached hydrogens (tertiary/aromatic N) is 3. The minimum absolute atomic E-state index is 0.0641. The fourth-order valence-electron chi connectivity index (χ4n) is 3.33. The lowest BCUT2D eigenvalue weighted by Gasteiger charge is -2.20. The molecule has 0 saturated carbocycles. The highest BCUT2D eigenvalue weighted by molar-refractivity contribution is 7.88. The molecule has 2 aromatic rings. The molecule has 1 aromatic heterocycles. The van der Waals surface area contributed by atoms with Crippen molar-refractivity contribution in [2.45, 2.75) is 57.7 Å². The van der Waals surface area contributed by atoms with Gasteiger partial charge in [-0.3, -0.25) is 0 Å². The first-order valence-corrected chi connectivity index (χ1v) is 11.8. The summed E-state index contributed by atoms with van der Waals surface area (Å²) in [5.41, 5.74) is 0.193. The summed E-state index contributed by atoms with van der Waals surface area (Å²) < 4.78 is 51.1. The molecule has 8 nitrogen and oxygen atoms in total. The van der Waals surface area contributed by atoms with Crippen LogP contribution in [0.4, 0.5) is 14.7 Å². The highest BCUT2D eigenvalue weighted by Crippen LogP contribution is 2.27. The Kier molecular flexibility index (Phi) is 8.78. The van der Waals surface area contributed by atoms with E-state index in [-0.39, 0.29) is 48.1 Å². The van der Waals surface area contributed by atoms with E-state index >= 15 is 0 Å². The number of rotatable bonds is 11. The van der Waals surface area contributed by atoms with E-state index in [1.54, 1.807) is 0 Å². The number of aromatic nitrogens is 3. The average molecular weight is 458 g/mol. The minimum Gasteiger partial charge on any atom is -0.394 e. The number of halogens is 2. The molecule has 0 saturated heterocycles. The molecule has 0 aliphatic carbocycles. The van der Waals surface area contributed by atoms with Gasteiger partial charge in [0.1, 0.15) is 11.6 Å². The molecule has 0 aliphatic heterocycles. The van der Waals surface area contributed by atoms with Crippen molar-refractivity contribution in [1.82, 2.24) is 15.0 Å². The molecule has 1 aromatic carbocycles. The third kappa shape index (κ3) is 7.75. The molecule has 11 heteroatoms. The molecule has 31 heavy (non-hydrogen) atoms. The molecule has 4 N–H and O–H groups in total. The van der Waals surface area contributed by atoms with E-state index in [9.17, 15) is 22.3 Å². The van der Waals surface area contributed by atoms with Crippen LogP contribution in [0.15, 0.2) is 18.2 Å². The maximum atomic E-state index is 14.3. The largest absolute Gasteiger partial charge is 0.394 e. The monoisotopic (exact) mass is 457 g/mol. The summed E-state index contributed by atoms with van der Waals surface area (Å²) in [6.07, 6.45) is 1.25. The van der Waals surface area contributed by atoms with Crippen molar-refractivity contribution >= 4 is 16.0 Å². The van der Waals surface area contributed by atoms with Crippen molar-refractivity contribution < 1.29 is 22.3 Å². The Balaban J connectivity index is 2.39. The first-order chi connectivity index (χ1) is 14.5. The third-order valence-corrected chi connectivity index (χ3v) is 5.37. The molecule has 172 valence electrons. The molecular formula is C20H29F2N5O3S. The quantitative estimate of drug-likeness (QED) is 0.472. The van der Waals surface area contributed by atoms with Crippen LogP contribution in [0.3, 0.4) is 0 Å². The lowest BCUT2D eigenvalue weighted by Crippen LogP contribution is -2.28. The summed E-state index contributed by atoms with van der Waals surface area (Å²) >= 11 is 0. The van der Waals surface area contributed by atoms with Gasteiger partial charge in [0, 0.05) is 6.42 Å². The normalized spacial score (nSPS) is 13.9. The number of sulfonamides is 1. The first kappa shape index (κ1) is 25.0. The maximum Gasteiger partial charge on any atom is 0.226 e. The fraction of sp³-hybridized carbons (Fsp3) is 0.550. The number of benzene rings is 1. The zero-order valence-corrected chi connectivity index (χ0v) is 18.7. The highest BCUT2D eigenvalue weighted by atomic mass is 32.2. The lowest BCUT2D eigenvalue weighted by molar-refractivity contribution is 0.259. The molecular weight excluding hydrogens is 428 g/mol. The summed E-state index contributed by atoms with van der Waals surface area (Å²) in [6, 6.07) is 3.63. The number of hydrogen-bond acceptors (Lipinski definition) is 7. The van der Waals surface area contributed by atoms with Gasteiger partial charge in [-0.05, 0) is 36.3 Å². The second-order valence-corrected chi connectivity index (χ2v) is 9.52. The molecule has 0 radical (unpaired) electrons. The lowest BCUT2D eigenvalue weighted by atomic mass is 9.92. The van der Waals surface area contributed by atoms with Crippen molar-refractivity contribution in [2.24, 2.45) is 11.1 Å². The maximum absolute atomic E-state index is 14.3. The molecule has 0 aliphatic rings. The summed E-state index contributed by atoms with van der Waals surface area (Å²) in [6.45, 7) is 5.64. The second-order valence-electron chi connectivity index (χ2n) is 7.90. The van der Waals surface area contributed by atoms with Crippen LogP contribution in [0.1, 0.15) is 56.7 Å².